The van der Waals surface area contributed by atoms with Crippen molar-refractivity contribution in [3.8, 4) is 22.6 Å². The molecule has 2 fully saturated rings. The number of nitrogens with one attached hydrogen (secondary N) is 3. The van der Waals surface area contributed by atoms with Crippen molar-refractivity contribution in [2.24, 2.45) is 5.92 Å². The molecule has 2 aromatic heterocycles. The number of amides is 2. The summed E-state index contributed by atoms with van der Waals surface area (Å²) in [6.45, 7) is 10.0. The zero-order chi connectivity index (χ0) is 55.5. The first kappa shape index (κ1) is 56.8. The van der Waals surface area contributed by atoms with Gasteiger partial charge in [-0.3, -0.25) is 9.69 Å². The molecule has 0 unspecified atom stereocenters. The Hall–Kier alpha value is -6.43. The average Bonchev–Trinajstić information content (AvgIpc) is 3.86. The molecule has 2 amide bonds. The largest absolute Gasteiger partial charge is 0.501 e. The van der Waals surface area contributed by atoms with Gasteiger partial charge in [0.1, 0.15) is 27.6 Å². The number of sulfonamides is 1. The lowest BCUT2D eigenvalue weighted by molar-refractivity contribution is -0.0436. The number of fused-ring (bicyclic) bond motifs is 1. The van der Waals surface area contributed by atoms with Gasteiger partial charge in [0.15, 0.2) is 0 Å². The molecule has 4 aromatic carbocycles. The van der Waals surface area contributed by atoms with Crippen LogP contribution in [0.25, 0.3) is 22.2 Å². The Morgan fingerprint density at radius 3 is 2.29 bits per heavy atom. The van der Waals surface area contributed by atoms with Crippen LogP contribution in [-0.2, 0) is 31.1 Å². The molecule has 8 rings (SSSR count). The third-order valence-corrected chi connectivity index (χ3v) is 16.5. The Kier molecular flexibility index (Phi) is 17.2. The fourth-order valence-electron chi connectivity index (χ4n) is 9.35. The molecule has 1 atom stereocenters. The highest BCUT2D eigenvalue weighted by atomic mass is 35.5. The van der Waals surface area contributed by atoms with Crippen molar-refractivity contribution < 1.29 is 54.2 Å². The number of aliphatic hydroxyl groups excluding tert-OH is 1. The molecule has 0 saturated carbocycles. The third kappa shape index (κ3) is 13.8. The van der Waals surface area contributed by atoms with Gasteiger partial charge in [0.25, 0.3) is 25.8 Å². The van der Waals surface area contributed by atoms with E-state index in [2.05, 4.69) is 32.3 Å². The third-order valence-electron chi connectivity index (χ3n) is 13.4. The van der Waals surface area contributed by atoms with Gasteiger partial charge in [-0.2, -0.15) is 13.2 Å². The van der Waals surface area contributed by atoms with E-state index in [9.17, 15) is 44.7 Å². The van der Waals surface area contributed by atoms with E-state index in [1.807, 2.05) is 65.6 Å². The monoisotopic (exact) mass is 1120 g/mol. The Morgan fingerprint density at radius 1 is 0.896 bits per heavy atom. The molecule has 2 saturated heterocycles. The number of benzene rings is 4. The van der Waals surface area contributed by atoms with Crippen molar-refractivity contribution in [2.75, 3.05) is 76.7 Å². The number of carbonyl (C=O) groups excluding carboxylic acids is 2. The van der Waals surface area contributed by atoms with E-state index < -0.39 is 58.5 Å². The molecule has 77 heavy (non-hydrogen) atoms. The van der Waals surface area contributed by atoms with Crippen LogP contribution in [0.5, 0.6) is 11.5 Å². The van der Waals surface area contributed by atoms with Crippen molar-refractivity contribution in [3.63, 3.8) is 0 Å². The Morgan fingerprint density at radius 2 is 1.61 bits per heavy atom. The maximum Gasteiger partial charge on any atom is 0.501 e. The Bertz CT molecular complexity index is 3320. The molecule has 2 aliphatic heterocycles. The number of H-pyrrole nitrogens is 1. The number of hydrogen-bond acceptors (Lipinski definition) is 14. The van der Waals surface area contributed by atoms with E-state index in [0.717, 1.165) is 34.4 Å². The van der Waals surface area contributed by atoms with E-state index in [4.69, 9.17) is 21.1 Å². The van der Waals surface area contributed by atoms with Gasteiger partial charge in [0, 0.05) is 80.7 Å². The van der Waals surface area contributed by atoms with Gasteiger partial charge in [-0.15, -0.1) is 0 Å². The summed E-state index contributed by atoms with van der Waals surface area (Å²) >= 11 is 6.28. The molecule has 23 heteroatoms. The van der Waals surface area contributed by atoms with Gasteiger partial charge >= 0.3 is 11.6 Å². The van der Waals surface area contributed by atoms with Crippen LogP contribution in [0.2, 0.25) is 5.02 Å². The summed E-state index contributed by atoms with van der Waals surface area (Å²) in [5.74, 6) is -1.26. The normalized spacial score (nSPS) is 15.7. The molecular weight excluding hydrogens is 1060 g/mol. The summed E-state index contributed by atoms with van der Waals surface area (Å²) in [4.78, 5) is 39.8. The smallest absolute Gasteiger partial charge is 0.455 e. The van der Waals surface area contributed by atoms with Crippen LogP contribution in [0.3, 0.4) is 0 Å². The number of anilines is 2. The average molecular weight is 1120 g/mol. The number of piperazine rings is 1. The fourth-order valence-corrected chi connectivity index (χ4v) is 11.5. The minimum Gasteiger partial charge on any atom is -0.455 e. The zero-order valence-electron chi connectivity index (χ0n) is 43.2. The predicted octanol–water partition coefficient (Wildman–Crippen LogP) is 9.45. The number of ether oxygens (including phenoxy) is 2. The van der Waals surface area contributed by atoms with E-state index in [1.165, 1.54) is 12.3 Å². The maximum atomic E-state index is 14.1. The van der Waals surface area contributed by atoms with Crippen molar-refractivity contribution in [3.05, 3.63) is 125 Å². The number of alkyl halides is 3. The molecule has 0 aliphatic carbocycles. The summed E-state index contributed by atoms with van der Waals surface area (Å²) in [7, 11) is -7.49. The zero-order valence-corrected chi connectivity index (χ0v) is 45.6. The highest BCUT2D eigenvalue weighted by molar-refractivity contribution is 7.92. The highest BCUT2D eigenvalue weighted by Crippen LogP contribution is 2.41. The lowest BCUT2D eigenvalue weighted by Gasteiger charge is -2.37. The van der Waals surface area contributed by atoms with Crippen LogP contribution in [0, 0.1) is 5.92 Å². The van der Waals surface area contributed by atoms with Crippen LogP contribution in [0.15, 0.2) is 113 Å². The van der Waals surface area contributed by atoms with Gasteiger partial charge in [-0.05, 0) is 143 Å². The maximum absolute atomic E-state index is 14.1. The molecule has 0 bridgehead atoms. The lowest BCUT2D eigenvalue weighted by atomic mass is 9.83. The molecule has 0 spiro atoms. The quantitative estimate of drug-likeness (QED) is 0.0628. The number of hydrogen-bond donors (Lipinski definition) is 4. The van der Waals surface area contributed by atoms with E-state index in [1.54, 1.807) is 49.5 Å². The minimum atomic E-state index is -6.06. The standard InChI is InChI=1S/C54H62ClF3N8O9S2/c1-53(2,3)75-52(69)66-27-25-64(26-28-66)34-35-7-14-43(36-8-10-39(55)11-9-36)45(29-35)49(67)37-18-23-65(24-19-37)40-12-15-44(47(31-40)74-41-30-38-17-21-60-50(38)61-33-41)51(68)62-77(72,73)42-13-16-46(59-20-6-22-63(4)5)48(32-42)76(70,71)54(56,57)58/h7-17,21,29-33,37,49,59,67H,6,18-20,22-28,34H2,1-5H3,(H,60,61)(H,62,68)/t49-/m1/s1. The van der Waals surface area contributed by atoms with Crippen LogP contribution in [0.4, 0.5) is 29.3 Å². The van der Waals surface area contributed by atoms with Gasteiger partial charge < -0.3 is 39.6 Å². The Balaban J connectivity index is 1.02. The molecule has 17 nitrogen and oxygen atoms in total. The number of sulfone groups is 1. The van der Waals surface area contributed by atoms with Gasteiger partial charge in [-0.1, -0.05) is 41.9 Å². The SMILES string of the molecule is CN(C)CCCNc1ccc(S(=O)(=O)NC(=O)c2ccc(N3CCC([C@@H](O)c4cc(CN5CCN(C(=O)OC(C)(C)C)CC5)ccc4-c4ccc(Cl)cc4)CC3)cc2Oc2cnc3[nH]ccc3c2)cc1S(=O)(=O)C(F)(F)F. The number of rotatable bonds is 17. The molecule has 4 N–H and O–H groups in total. The first-order valence-corrected chi connectivity index (χ1v) is 28.4. The van der Waals surface area contributed by atoms with Gasteiger partial charge in [0.05, 0.1) is 28.4 Å². The summed E-state index contributed by atoms with van der Waals surface area (Å²) in [5, 5.41) is 16.2. The Labute approximate surface area is 451 Å². The van der Waals surface area contributed by atoms with Gasteiger partial charge in [-0.25, -0.2) is 31.3 Å². The second-order valence-electron chi connectivity index (χ2n) is 20.4. The number of carbonyl (C=O) groups is 2. The number of aliphatic hydroxyl groups is 1. The molecule has 6 aromatic rings. The van der Waals surface area contributed by atoms with Crippen LogP contribution in [0.1, 0.15) is 67.6 Å². The van der Waals surface area contributed by atoms with Crippen LogP contribution in [-0.4, -0.2) is 136 Å². The molecule has 412 valence electrons. The second kappa shape index (κ2) is 23.3. The molecule has 4 heterocycles. The van der Waals surface area contributed by atoms with Crippen molar-refractivity contribution in [1.82, 2.24) is 29.4 Å². The fraction of sp³-hybridized carbons (Fsp3) is 0.389. The first-order chi connectivity index (χ1) is 36.3. The number of halogens is 4. The highest BCUT2D eigenvalue weighted by Gasteiger charge is 2.48. The summed E-state index contributed by atoms with van der Waals surface area (Å²) in [6, 6.07) is 23.7. The van der Waals surface area contributed by atoms with Gasteiger partial charge in [0.2, 0.25) is 0 Å². The number of aromatic nitrogens is 2. The number of nitrogens with zero attached hydrogens (tertiary/aromatic N) is 5. The number of piperidine rings is 1. The summed E-state index contributed by atoms with van der Waals surface area (Å²) in [5.41, 5.74) is -2.38. The number of pyridine rings is 1. The van der Waals surface area contributed by atoms with Crippen LogP contribution >= 0.6 is 11.6 Å². The van der Waals surface area contributed by atoms with Crippen molar-refractivity contribution >= 4 is 65.9 Å². The minimum absolute atomic E-state index is 0.0775. The van der Waals surface area contributed by atoms with E-state index in [-0.39, 0.29) is 35.6 Å². The molecule has 2 aliphatic rings. The summed E-state index contributed by atoms with van der Waals surface area (Å²) in [6.07, 6.45) is 3.44. The van der Waals surface area contributed by atoms with Crippen molar-refractivity contribution in [1.29, 1.82) is 0 Å². The topological polar surface area (TPSA) is 207 Å². The molecular formula is C54H62ClF3N8O9S2. The molecule has 0 radical (unpaired) electrons. The van der Waals surface area contributed by atoms with E-state index in [0.29, 0.717) is 99.4 Å². The predicted molar refractivity (Wildman–Crippen MR) is 288 cm³/mol. The van der Waals surface area contributed by atoms with E-state index >= 15 is 0 Å². The second-order valence-corrected chi connectivity index (χ2v) is 24.5. The summed E-state index contributed by atoms with van der Waals surface area (Å²) < 4.78 is 109. The van der Waals surface area contributed by atoms with Crippen LogP contribution < -0.4 is 19.7 Å². The first-order valence-electron chi connectivity index (χ1n) is 25.0. The number of aromatic amines is 1. The van der Waals surface area contributed by atoms with Crippen molar-refractivity contribution in [2.45, 2.75) is 73.6 Å². The lowest BCUT2D eigenvalue weighted by Crippen LogP contribution is -2.49.